The third kappa shape index (κ3) is 2.23. The van der Waals surface area contributed by atoms with Gasteiger partial charge in [0.2, 0.25) is 5.88 Å². The number of carbonyl (C=O) groups excluding carboxylic acids is 1. The van der Waals surface area contributed by atoms with E-state index in [9.17, 15) is 9.59 Å². The summed E-state index contributed by atoms with van der Waals surface area (Å²) in [6, 6.07) is 12.9. The van der Waals surface area contributed by atoms with E-state index < -0.39 is 11.9 Å². The van der Waals surface area contributed by atoms with Gasteiger partial charge in [-0.25, -0.2) is 0 Å². The van der Waals surface area contributed by atoms with Gasteiger partial charge in [-0.15, -0.1) is 0 Å². The van der Waals surface area contributed by atoms with E-state index in [4.69, 9.17) is 9.47 Å². The first-order valence-electron chi connectivity index (χ1n) is 8.35. The first-order valence-corrected chi connectivity index (χ1v) is 8.35. The molecule has 0 N–H and O–H groups in total. The van der Waals surface area contributed by atoms with Gasteiger partial charge in [-0.1, -0.05) is 24.3 Å². The van der Waals surface area contributed by atoms with Crippen molar-refractivity contribution < 1.29 is 14.3 Å². The maximum atomic E-state index is 13.0. The van der Waals surface area contributed by atoms with E-state index in [1.807, 2.05) is 30.3 Å². The summed E-state index contributed by atoms with van der Waals surface area (Å²) in [5, 5.41) is 0. The Morgan fingerprint density at radius 1 is 1.08 bits per heavy atom. The Morgan fingerprint density at radius 2 is 1.92 bits per heavy atom. The van der Waals surface area contributed by atoms with Crippen LogP contribution in [0.3, 0.4) is 0 Å². The summed E-state index contributed by atoms with van der Waals surface area (Å²) in [6.07, 6.45) is 3.75. The van der Waals surface area contributed by atoms with Crippen LogP contribution in [0.15, 0.2) is 59.0 Å². The fourth-order valence-electron chi connectivity index (χ4n) is 3.53. The summed E-state index contributed by atoms with van der Waals surface area (Å²) in [5.74, 6) is 0.0941. The van der Waals surface area contributed by atoms with E-state index in [1.165, 1.54) is 4.40 Å². The number of nitrogens with zero attached hydrogens (tertiary/aromatic N) is 2. The summed E-state index contributed by atoms with van der Waals surface area (Å²) in [7, 11) is 0. The van der Waals surface area contributed by atoms with Crippen LogP contribution >= 0.6 is 0 Å². The van der Waals surface area contributed by atoms with Crippen LogP contribution in [-0.4, -0.2) is 22.0 Å². The van der Waals surface area contributed by atoms with Crippen LogP contribution in [0.1, 0.15) is 23.5 Å². The predicted octanol–water partition coefficient (Wildman–Crippen LogP) is 2.56. The Labute approximate surface area is 148 Å². The molecule has 6 nitrogen and oxygen atoms in total. The lowest BCUT2D eigenvalue weighted by Crippen LogP contribution is -2.32. The number of fused-ring (bicyclic) bond motifs is 3. The van der Waals surface area contributed by atoms with Crippen molar-refractivity contribution in [1.82, 2.24) is 9.38 Å². The molecule has 0 bridgehead atoms. The maximum absolute atomic E-state index is 13.0. The number of pyridine rings is 1. The highest BCUT2D eigenvalue weighted by Gasteiger charge is 2.35. The van der Waals surface area contributed by atoms with Gasteiger partial charge in [0.05, 0.1) is 12.0 Å². The highest BCUT2D eigenvalue weighted by atomic mass is 16.5. The van der Waals surface area contributed by atoms with Crippen molar-refractivity contribution in [3.8, 4) is 11.6 Å². The first-order chi connectivity index (χ1) is 12.7. The highest BCUT2D eigenvalue weighted by molar-refractivity contribution is 5.78. The molecule has 0 saturated carbocycles. The summed E-state index contributed by atoms with van der Waals surface area (Å²) in [6.45, 7) is 0.325. The summed E-state index contributed by atoms with van der Waals surface area (Å²) < 4.78 is 12.6. The average Bonchev–Trinajstić information content (AvgIpc) is 2.67. The molecule has 26 heavy (non-hydrogen) atoms. The third-order valence-electron chi connectivity index (χ3n) is 4.77. The highest BCUT2D eigenvalue weighted by Crippen LogP contribution is 2.39. The van der Waals surface area contributed by atoms with Crippen molar-refractivity contribution in [2.75, 3.05) is 6.61 Å². The van der Waals surface area contributed by atoms with Crippen LogP contribution in [0.25, 0.3) is 11.7 Å². The topological polar surface area (TPSA) is 69.9 Å². The smallest absolute Gasteiger partial charge is 0.313 e. The van der Waals surface area contributed by atoms with E-state index in [0.29, 0.717) is 17.8 Å². The molecular weight excluding hydrogens is 332 g/mol. The quantitative estimate of drug-likeness (QED) is 0.634. The van der Waals surface area contributed by atoms with Gasteiger partial charge in [0, 0.05) is 17.7 Å². The fourth-order valence-corrected chi connectivity index (χ4v) is 3.53. The molecule has 0 saturated heterocycles. The second-order valence-corrected chi connectivity index (χ2v) is 6.34. The minimum Gasteiger partial charge on any atom is -0.489 e. The van der Waals surface area contributed by atoms with Gasteiger partial charge < -0.3 is 9.47 Å². The number of carbonyl (C=O) groups is 1. The normalized spacial score (nSPS) is 18.4. The molecule has 2 aliphatic heterocycles. The number of rotatable bonds is 1. The SMILES string of the molecule is O=C1CC(C2=Cc3ccccc3OC2)c2c(nc3ccccn3c2=O)O1. The zero-order chi connectivity index (χ0) is 17.7. The molecule has 5 rings (SSSR count). The molecule has 6 heteroatoms. The Balaban J connectivity index is 1.71. The molecule has 3 aromatic rings. The fraction of sp³-hybridized carbons (Fsp3) is 0.150. The van der Waals surface area contributed by atoms with Crippen molar-refractivity contribution in [3.63, 3.8) is 0 Å². The van der Waals surface area contributed by atoms with Crippen LogP contribution in [0.5, 0.6) is 11.6 Å². The molecule has 1 aromatic carbocycles. The summed E-state index contributed by atoms with van der Waals surface area (Å²) in [4.78, 5) is 29.5. The number of hydrogen-bond donors (Lipinski definition) is 0. The number of benzene rings is 1. The zero-order valence-electron chi connectivity index (χ0n) is 13.7. The Morgan fingerprint density at radius 3 is 2.85 bits per heavy atom. The molecule has 0 amide bonds. The molecule has 4 heterocycles. The molecule has 0 spiro atoms. The van der Waals surface area contributed by atoms with Crippen LogP contribution in [0, 0.1) is 0 Å². The maximum Gasteiger partial charge on any atom is 0.313 e. The second-order valence-electron chi connectivity index (χ2n) is 6.34. The molecule has 2 aromatic heterocycles. The Kier molecular flexibility index (Phi) is 3.18. The van der Waals surface area contributed by atoms with Crippen molar-refractivity contribution in [3.05, 3.63) is 75.7 Å². The van der Waals surface area contributed by atoms with Gasteiger partial charge >= 0.3 is 5.97 Å². The van der Waals surface area contributed by atoms with Crippen molar-refractivity contribution in [2.24, 2.45) is 0 Å². The number of ether oxygens (including phenoxy) is 2. The lowest BCUT2D eigenvalue weighted by molar-refractivity contribution is -0.136. The molecule has 128 valence electrons. The molecule has 0 aliphatic carbocycles. The van der Waals surface area contributed by atoms with Crippen LogP contribution in [0.4, 0.5) is 0 Å². The zero-order valence-corrected chi connectivity index (χ0v) is 13.7. The van der Waals surface area contributed by atoms with Crippen LogP contribution < -0.4 is 15.0 Å². The summed E-state index contributed by atoms with van der Waals surface area (Å²) in [5.41, 5.74) is 2.44. The van der Waals surface area contributed by atoms with Crippen molar-refractivity contribution in [2.45, 2.75) is 12.3 Å². The van der Waals surface area contributed by atoms with Crippen LogP contribution in [-0.2, 0) is 4.79 Å². The largest absolute Gasteiger partial charge is 0.489 e. The second kappa shape index (κ2) is 5.56. The Bertz CT molecular complexity index is 1150. The lowest BCUT2D eigenvalue weighted by atomic mass is 9.86. The number of aromatic nitrogens is 2. The number of esters is 1. The van der Waals surface area contributed by atoms with E-state index in [0.717, 1.165) is 16.9 Å². The van der Waals surface area contributed by atoms with Gasteiger partial charge in [-0.05, 0) is 29.8 Å². The molecular formula is C20H14N2O4. The minimum atomic E-state index is -0.406. The minimum absolute atomic E-state index is 0.0974. The van der Waals surface area contributed by atoms with Gasteiger partial charge in [0.15, 0.2) is 0 Å². The van der Waals surface area contributed by atoms with Gasteiger partial charge in [-0.2, -0.15) is 4.98 Å². The van der Waals surface area contributed by atoms with Crippen molar-refractivity contribution >= 4 is 17.7 Å². The van der Waals surface area contributed by atoms with E-state index in [2.05, 4.69) is 4.98 Å². The molecule has 2 aliphatic rings. The van der Waals surface area contributed by atoms with Gasteiger partial charge in [0.25, 0.3) is 5.56 Å². The van der Waals surface area contributed by atoms with Crippen molar-refractivity contribution in [1.29, 1.82) is 0 Å². The lowest BCUT2D eigenvalue weighted by Gasteiger charge is -2.28. The van der Waals surface area contributed by atoms with E-state index in [1.54, 1.807) is 24.4 Å². The van der Waals surface area contributed by atoms with Gasteiger partial charge in [0.1, 0.15) is 18.0 Å². The van der Waals surface area contributed by atoms with E-state index >= 15 is 0 Å². The Hall–Kier alpha value is -3.41. The van der Waals surface area contributed by atoms with Gasteiger partial charge in [-0.3, -0.25) is 14.0 Å². The number of hydrogen-bond acceptors (Lipinski definition) is 5. The predicted molar refractivity (Wildman–Crippen MR) is 94.4 cm³/mol. The third-order valence-corrected chi connectivity index (χ3v) is 4.77. The monoisotopic (exact) mass is 346 g/mol. The van der Waals surface area contributed by atoms with E-state index in [-0.39, 0.29) is 17.9 Å². The number of para-hydroxylation sites is 1. The standard InChI is InChI=1S/C20H14N2O4/c23-17-10-14(13-9-12-5-1-2-6-15(12)25-11-13)18-19(26-17)21-16-7-3-4-8-22(16)20(18)24/h1-9,14H,10-11H2. The summed E-state index contributed by atoms with van der Waals surface area (Å²) >= 11 is 0. The molecule has 1 atom stereocenters. The molecule has 0 radical (unpaired) electrons. The molecule has 1 unspecified atom stereocenters. The first kappa shape index (κ1) is 14.9. The molecule has 0 fully saturated rings. The van der Waals surface area contributed by atoms with Crippen LogP contribution in [0.2, 0.25) is 0 Å². The average molecular weight is 346 g/mol.